The van der Waals surface area contributed by atoms with E-state index in [1.165, 1.54) is 17.0 Å². The molecule has 31 heavy (non-hydrogen) atoms. The van der Waals surface area contributed by atoms with E-state index in [1.807, 2.05) is 19.9 Å². The maximum absolute atomic E-state index is 13.6. The Morgan fingerprint density at radius 1 is 1.13 bits per heavy atom. The summed E-state index contributed by atoms with van der Waals surface area (Å²) in [5.74, 6) is -0.721. The fourth-order valence-electron chi connectivity index (χ4n) is 4.84. The molecule has 1 saturated heterocycles. The smallest absolute Gasteiger partial charge is 0.291 e. The maximum Gasteiger partial charge on any atom is 0.291 e. The molecule has 2 unspecified atom stereocenters. The molecule has 2 atom stereocenters. The molecule has 0 aliphatic carbocycles. The lowest BCUT2D eigenvalue weighted by Gasteiger charge is -2.30. The van der Waals surface area contributed by atoms with Crippen LogP contribution in [-0.2, 0) is 9.84 Å². The van der Waals surface area contributed by atoms with E-state index in [4.69, 9.17) is 4.42 Å². The number of aromatic hydroxyl groups is 1. The lowest BCUT2D eigenvalue weighted by atomic mass is 9.96. The molecule has 2 aromatic carbocycles. The first-order valence-corrected chi connectivity index (χ1v) is 11.9. The highest BCUT2D eigenvalue weighted by atomic mass is 32.2. The summed E-state index contributed by atoms with van der Waals surface area (Å²) in [6.45, 7) is 3.70. The van der Waals surface area contributed by atoms with Gasteiger partial charge in [0.15, 0.2) is 15.3 Å². The van der Waals surface area contributed by atoms with Crippen LogP contribution in [0.15, 0.2) is 45.6 Å². The Balaban J connectivity index is 1.80. The molecular weight excluding hydrogens is 418 g/mol. The predicted octanol–water partition coefficient (Wildman–Crippen LogP) is 2.85. The molecule has 1 amide bonds. The molecule has 160 valence electrons. The molecule has 1 N–H and O–H groups in total. The lowest BCUT2D eigenvalue weighted by molar-refractivity contribution is 0.0662. The van der Waals surface area contributed by atoms with Crippen molar-refractivity contribution >= 4 is 26.7 Å². The molecule has 7 nitrogen and oxygen atoms in total. The second-order valence-electron chi connectivity index (χ2n) is 8.40. The molecule has 0 radical (unpaired) electrons. The number of benzene rings is 2. The number of fused-ring (bicyclic) bond motifs is 2. The summed E-state index contributed by atoms with van der Waals surface area (Å²) in [6, 6.07) is 8.57. The SMILES string of the molecule is Cc1cc(C)c2oc3c(c(=O)c2c1)C(c1cccc(O)c1)N(C1CCS(=O)(=O)C1)C3=O. The van der Waals surface area contributed by atoms with Crippen molar-refractivity contribution < 1.29 is 22.7 Å². The first kappa shape index (κ1) is 19.8. The number of rotatable bonds is 2. The lowest BCUT2D eigenvalue weighted by Crippen LogP contribution is -2.40. The van der Waals surface area contributed by atoms with E-state index in [9.17, 15) is 23.1 Å². The summed E-state index contributed by atoms with van der Waals surface area (Å²) < 4.78 is 30.3. The van der Waals surface area contributed by atoms with Crippen molar-refractivity contribution in [2.24, 2.45) is 0 Å². The summed E-state index contributed by atoms with van der Waals surface area (Å²) >= 11 is 0. The van der Waals surface area contributed by atoms with Crippen molar-refractivity contribution in [3.8, 4) is 5.75 Å². The van der Waals surface area contributed by atoms with Crippen LogP contribution >= 0.6 is 0 Å². The van der Waals surface area contributed by atoms with Crippen LogP contribution in [0.25, 0.3) is 11.0 Å². The largest absolute Gasteiger partial charge is 0.508 e. The van der Waals surface area contributed by atoms with Gasteiger partial charge in [0, 0.05) is 6.04 Å². The highest BCUT2D eigenvalue weighted by Gasteiger charge is 2.48. The zero-order valence-electron chi connectivity index (χ0n) is 17.1. The van der Waals surface area contributed by atoms with Crippen LogP contribution < -0.4 is 5.43 Å². The van der Waals surface area contributed by atoms with Crippen LogP contribution in [0.2, 0.25) is 0 Å². The number of hydrogen-bond acceptors (Lipinski definition) is 6. The van der Waals surface area contributed by atoms with Crippen LogP contribution in [0.4, 0.5) is 0 Å². The monoisotopic (exact) mass is 439 g/mol. The van der Waals surface area contributed by atoms with E-state index < -0.39 is 27.8 Å². The predicted molar refractivity (Wildman–Crippen MR) is 115 cm³/mol. The number of hydrogen-bond donors (Lipinski definition) is 1. The van der Waals surface area contributed by atoms with Crippen LogP contribution in [0.1, 0.15) is 45.3 Å². The maximum atomic E-state index is 13.6. The third-order valence-corrected chi connectivity index (χ3v) is 7.88. The molecule has 2 aliphatic rings. The Hall–Kier alpha value is -3.13. The van der Waals surface area contributed by atoms with Crippen molar-refractivity contribution in [1.29, 1.82) is 0 Å². The van der Waals surface area contributed by atoms with Crippen molar-refractivity contribution in [1.82, 2.24) is 4.90 Å². The van der Waals surface area contributed by atoms with Crippen LogP contribution in [0.3, 0.4) is 0 Å². The van der Waals surface area contributed by atoms with E-state index in [-0.39, 0.29) is 34.0 Å². The van der Waals surface area contributed by atoms with Crippen LogP contribution in [-0.4, -0.2) is 41.9 Å². The number of amides is 1. The quantitative estimate of drug-likeness (QED) is 0.658. The molecule has 3 heterocycles. The Kier molecular flexibility index (Phi) is 4.27. The van der Waals surface area contributed by atoms with Gasteiger partial charge in [-0.25, -0.2) is 8.42 Å². The van der Waals surface area contributed by atoms with Crippen molar-refractivity contribution in [3.63, 3.8) is 0 Å². The third kappa shape index (κ3) is 3.05. The Bertz CT molecular complexity index is 1420. The normalized spacial score (nSPS) is 22.3. The zero-order chi connectivity index (χ0) is 22.1. The van der Waals surface area contributed by atoms with Gasteiger partial charge < -0.3 is 14.4 Å². The van der Waals surface area contributed by atoms with Gasteiger partial charge in [0.2, 0.25) is 5.76 Å². The molecular formula is C23H21NO6S. The zero-order valence-corrected chi connectivity index (χ0v) is 17.9. The standard InChI is InChI=1S/C23H21NO6S/c1-12-8-13(2)21-17(9-12)20(26)18-19(14-4-3-5-16(25)10-14)24(23(27)22(18)30-21)15-6-7-31(28,29)11-15/h3-5,8-10,15,19,25H,6-7,11H2,1-2H3. The van der Waals surface area contributed by atoms with E-state index in [0.29, 0.717) is 23.0 Å². The van der Waals surface area contributed by atoms with Gasteiger partial charge in [-0.3, -0.25) is 9.59 Å². The minimum atomic E-state index is -3.27. The third-order valence-electron chi connectivity index (χ3n) is 6.13. The average molecular weight is 439 g/mol. The molecule has 1 aromatic heterocycles. The highest BCUT2D eigenvalue weighted by molar-refractivity contribution is 7.91. The Morgan fingerprint density at radius 3 is 2.58 bits per heavy atom. The molecule has 0 saturated carbocycles. The summed E-state index contributed by atoms with van der Waals surface area (Å²) in [5, 5.41) is 10.4. The number of nitrogens with zero attached hydrogens (tertiary/aromatic N) is 1. The number of aryl methyl sites for hydroxylation is 2. The summed E-state index contributed by atoms with van der Waals surface area (Å²) in [7, 11) is -3.27. The average Bonchev–Trinajstić information content (AvgIpc) is 3.19. The number of sulfone groups is 1. The van der Waals surface area contributed by atoms with E-state index in [1.54, 1.807) is 18.2 Å². The van der Waals surface area contributed by atoms with Gasteiger partial charge in [0.25, 0.3) is 5.91 Å². The fraction of sp³-hybridized carbons (Fsp3) is 0.304. The fourth-order valence-corrected chi connectivity index (χ4v) is 6.55. The number of phenols is 1. The van der Waals surface area contributed by atoms with Crippen LogP contribution in [0, 0.1) is 13.8 Å². The summed E-state index contributed by atoms with van der Waals surface area (Å²) in [4.78, 5) is 28.5. The molecule has 0 spiro atoms. The Labute approximate surface area is 178 Å². The number of carbonyl (C=O) groups excluding carboxylic acids is 1. The van der Waals surface area contributed by atoms with Crippen molar-refractivity contribution in [2.45, 2.75) is 32.4 Å². The van der Waals surface area contributed by atoms with E-state index >= 15 is 0 Å². The summed E-state index contributed by atoms with van der Waals surface area (Å²) in [6.07, 6.45) is 0.295. The minimum absolute atomic E-state index is 0.00532. The molecule has 2 aliphatic heterocycles. The van der Waals surface area contributed by atoms with Gasteiger partial charge in [0.05, 0.1) is 28.5 Å². The van der Waals surface area contributed by atoms with Gasteiger partial charge >= 0.3 is 0 Å². The minimum Gasteiger partial charge on any atom is -0.508 e. The summed E-state index contributed by atoms with van der Waals surface area (Å²) in [5.41, 5.74) is 2.42. The second-order valence-corrected chi connectivity index (χ2v) is 10.6. The molecule has 3 aromatic rings. The second kappa shape index (κ2) is 6.68. The van der Waals surface area contributed by atoms with E-state index in [0.717, 1.165) is 11.1 Å². The van der Waals surface area contributed by atoms with Crippen molar-refractivity contribution in [3.05, 3.63) is 74.6 Å². The van der Waals surface area contributed by atoms with Gasteiger partial charge in [-0.2, -0.15) is 0 Å². The van der Waals surface area contributed by atoms with E-state index in [2.05, 4.69) is 0 Å². The van der Waals surface area contributed by atoms with Gasteiger partial charge in [-0.05, 0) is 55.2 Å². The van der Waals surface area contributed by atoms with Crippen LogP contribution in [0.5, 0.6) is 5.75 Å². The molecule has 1 fully saturated rings. The van der Waals surface area contributed by atoms with Gasteiger partial charge in [-0.1, -0.05) is 18.2 Å². The number of carbonyl (C=O) groups is 1. The molecule has 5 rings (SSSR count). The highest BCUT2D eigenvalue weighted by Crippen LogP contribution is 2.42. The first-order valence-electron chi connectivity index (χ1n) is 10.1. The molecule has 8 heteroatoms. The van der Waals surface area contributed by atoms with Gasteiger partial charge in [-0.15, -0.1) is 0 Å². The first-order chi connectivity index (χ1) is 14.7. The Morgan fingerprint density at radius 2 is 1.90 bits per heavy atom. The molecule has 0 bridgehead atoms. The van der Waals surface area contributed by atoms with Gasteiger partial charge in [0.1, 0.15) is 11.3 Å². The number of phenolic OH excluding ortho intramolecular Hbond substituents is 1. The topological polar surface area (TPSA) is 105 Å². The van der Waals surface area contributed by atoms with Crippen molar-refractivity contribution in [2.75, 3.05) is 11.5 Å².